The van der Waals surface area contributed by atoms with Gasteiger partial charge in [-0.2, -0.15) is 8.78 Å². The Morgan fingerprint density at radius 2 is 2.07 bits per heavy atom. The van der Waals surface area contributed by atoms with Gasteiger partial charge < -0.3 is 25.4 Å². The number of ether oxygens (including phenoxy) is 2. The molecule has 1 fully saturated rings. The minimum absolute atomic E-state index is 0.0316. The Bertz CT molecular complexity index is 714. The van der Waals surface area contributed by atoms with Gasteiger partial charge in [-0.3, -0.25) is 0 Å². The summed E-state index contributed by atoms with van der Waals surface area (Å²) < 4.78 is 34.6. The largest absolute Gasteiger partial charge is 0.450 e. The molecule has 1 aliphatic heterocycles. The number of carbonyl (C=O) groups is 1. The van der Waals surface area contributed by atoms with E-state index in [4.69, 9.17) is 33.7 Å². The summed E-state index contributed by atoms with van der Waals surface area (Å²) in [5, 5.41) is 3.31. The molecule has 1 heterocycles. The number of hydrogen-bond acceptors (Lipinski definition) is 4. The van der Waals surface area contributed by atoms with E-state index >= 15 is 0 Å². The molecule has 11 heteroatoms. The second-order valence-electron chi connectivity index (χ2n) is 6.06. The number of halogens is 4. The molecular formula is C17H22Cl2F2N4O3. The lowest BCUT2D eigenvalue weighted by atomic mass is 10.1. The van der Waals surface area contributed by atoms with Crippen molar-refractivity contribution in [1.82, 2.24) is 10.2 Å². The molecular weight excluding hydrogens is 417 g/mol. The monoisotopic (exact) mass is 438 g/mol. The lowest BCUT2D eigenvalue weighted by Crippen LogP contribution is -2.48. The molecule has 2 rings (SSSR count). The van der Waals surface area contributed by atoms with Crippen LogP contribution in [0.5, 0.6) is 5.75 Å². The molecule has 0 unspecified atom stereocenters. The molecule has 0 aliphatic carbocycles. The third kappa shape index (κ3) is 6.56. The van der Waals surface area contributed by atoms with Crippen LogP contribution < -0.4 is 15.8 Å². The van der Waals surface area contributed by atoms with Crippen molar-refractivity contribution >= 4 is 35.3 Å². The number of piperidine rings is 1. The van der Waals surface area contributed by atoms with Crippen molar-refractivity contribution in [3.05, 3.63) is 27.7 Å². The van der Waals surface area contributed by atoms with E-state index < -0.39 is 6.61 Å². The van der Waals surface area contributed by atoms with Crippen LogP contribution in [0.1, 0.15) is 25.3 Å². The summed E-state index contributed by atoms with van der Waals surface area (Å²) in [5.41, 5.74) is 6.19. The third-order valence-electron chi connectivity index (χ3n) is 4.08. The van der Waals surface area contributed by atoms with Crippen LogP contribution in [0.15, 0.2) is 17.1 Å². The van der Waals surface area contributed by atoms with Gasteiger partial charge >= 0.3 is 12.7 Å². The van der Waals surface area contributed by atoms with E-state index in [1.54, 1.807) is 11.8 Å². The van der Waals surface area contributed by atoms with Crippen molar-refractivity contribution in [2.24, 2.45) is 10.7 Å². The average Bonchev–Trinajstić information content (AvgIpc) is 2.63. The van der Waals surface area contributed by atoms with Crippen molar-refractivity contribution in [2.45, 2.75) is 39.0 Å². The van der Waals surface area contributed by atoms with Gasteiger partial charge in [0.15, 0.2) is 5.96 Å². The number of benzene rings is 1. The van der Waals surface area contributed by atoms with E-state index in [0.717, 1.165) is 0 Å². The number of hydrogen-bond donors (Lipinski definition) is 2. The molecule has 7 nitrogen and oxygen atoms in total. The second kappa shape index (κ2) is 10.5. The van der Waals surface area contributed by atoms with E-state index in [1.165, 1.54) is 12.1 Å². The summed E-state index contributed by atoms with van der Waals surface area (Å²) in [6.07, 6.45) is 1.03. The molecule has 0 aromatic heterocycles. The molecule has 1 aliphatic rings. The number of guanidine groups is 1. The van der Waals surface area contributed by atoms with Crippen LogP contribution in [0.25, 0.3) is 0 Å². The lowest BCUT2D eigenvalue weighted by molar-refractivity contribution is -0.0503. The van der Waals surface area contributed by atoms with Crippen LogP contribution >= 0.6 is 23.2 Å². The van der Waals surface area contributed by atoms with Gasteiger partial charge in [0.1, 0.15) is 5.75 Å². The van der Waals surface area contributed by atoms with Crippen LogP contribution in [0.3, 0.4) is 0 Å². The van der Waals surface area contributed by atoms with Crippen LogP contribution in [0, 0.1) is 0 Å². The van der Waals surface area contributed by atoms with Crippen molar-refractivity contribution in [2.75, 3.05) is 19.7 Å². The van der Waals surface area contributed by atoms with Gasteiger partial charge in [-0.25, -0.2) is 9.79 Å². The van der Waals surface area contributed by atoms with E-state index in [0.29, 0.717) is 38.1 Å². The molecule has 0 saturated carbocycles. The van der Waals surface area contributed by atoms with E-state index in [9.17, 15) is 13.6 Å². The maximum atomic E-state index is 12.6. The topological polar surface area (TPSA) is 89.2 Å². The molecule has 0 spiro atoms. The number of likely N-dealkylation sites (tertiary alicyclic amines) is 1. The predicted octanol–water partition coefficient (Wildman–Crippen LogP) is 3.62. The highest BCUT2D eigenvalue weighted by Crippen LogP contribution is 2.34. The van der Waals surface area contributed by atoms with E-state index in [2.05, 4.69) is 15.0 Å². The number of alkyl halides is 2. The molecule has 3 N–H and O–H groups in total. The van der Waals surface area contributed by atoms with Gasteiger partial charge in [-0.15, -0.1) is 0 Å². The van der Waals surface area contributed by atoms with Crippen LogP contribution in [-0.4, -0.2) is 49.3 Å². The van der Waals surface area contributed by atoms with Gasteiger partial charge in [0.2, 0.25) is 0 Å². The van der Waals surface area contributed by atoms with Gasteiger partial charge in [-0.05, 0) is 31.9 Å². The zero-order chi connectivity index (χ0) is 20.7. The summed E-state index contributed by atoms with van der Waals surface area (Å²) in [4.78, 5) is 17.5. The summed E-state index contributed by atoms with van der Waals surface area (Å²) in [6.45, 7) is 0.111. The van der Waals surface area contributed by atoms with Crippen LogP contribution in [-0.2, 0) is 11.3 Å². The van der Waals surface area contributed by atoms with Crippen molar-refractivity contribution in [3.63, 3.8) is 0 Å². The van der Waals surface area contributed by atoms with Crippen molar-refractivity contribution in [3.8, 4) is 5.75 Å². The van der Waals surface area contributed by atoms with Crippen LogP contribution in [0.2, 0.25) is 10.0 Å². The predicted molar refractivity (Wildman–Crippen MR) is 103 cm³/mol. The highest BCUT2D eigenvalue weighted by atomic mass is 35.5. The fourth-order valence-electron chi connectivity index (χ4n) is 2.80. The zero-order valence-corrected chi connectivity index (χ0v) is 16.8. The van der Waals surface area contributed by atoms with Gasteiger partial charge in [-0.1, -0.05) is 23.2 Å². The SMILES string of the molecule is CCOC(=O)N1CCC(NC(N)=NCc2cc(Cl)cc(Cl)c2OC(F)F)CC1. The van der Waals surface area contributed by atoms with Crippen molar-refractivity contribution < 1.29 is 23.0 Å². The molecule has 156 valence electrons. The molecule has 0 bridgehead atoms. The first kappa shape index (κ1) is 22.3. The number of carbonyl (C=O) groups excluding carboxylic acids is 1. The summed E-state index contributed by atoms with van der Waals surface area (Å²) in [7, 11) is 0. The number of nitrogens with zero attached hydrogens (tertiary/aromatic N) is 2. The van der Waals surface area contributed by atoms with Gasteiger partial charge in [0, 0.05) is 29.7 Å². The Labute approximate surface area is 171 Å². The number of aliphatic imine (C=N–C) groups is 1. The van der Waals surface area contributed by atoms with Gasteiger partial charge in [0.25, 0.3) is 0 Å². The third-order valence-corrected chi connectivity index (χ3v) is 4.58. The van der Waals surface area contributed by atoms with E-state index in [-0.39, 0.29) is 40.4 Å². The minimum atomic E-state index is -3.03. The smallest absolute Gasteiger partial charge is 0.409 e. The molecule has 1 amide bonds. The first-order valence-electron chi connectivity index (χ1n) is 8.71. The first-order valence-corrected chi connectivity index (χ1v) is 9.46. The zero-order valence-electron chi connectivity index (χ0n) is 15.3. The number of nitrogens with two attached hydrogens (primary N) is 1. The Balaban J connectivity index is 1.94. The van der Waals surface area contributed by atoms with Crippen molar-refractivity contribution in [1.29, 1.82) is 0 Å². The highest BCUT2D eigenvalue weighted by molar-refractivity contribution is 6.35. The Hall–Kier alpha value is -2.00. The highest BCUT2D eigenvalue weighted by Gasteiger charge is 2.23. The molecule has 0 radical (unpaired) electrons. The normalized spacial score (nSPS) is 15.6. The molecule has 28 heavy (non-hydrogen) atoms. The number of nitrogens with one attached hydrogen (secondary N) is 1. The van der Waals surface area contributed by atoms with E-state index in [1.807, 2.05) is 0 Å². The average molecular weight is 439 g/mol. The quantitative estimate of drug-likeness (QED) is 0.522. The Morgan fingerprint density at radius 3 is 2.68 bits per heavy atom. The maximum absolute atomic E-state index is 12.6. The molecule has 1 saturated heterocycles. The second-order valence-corrected chi connectivity index (χ2v) is 6.90. The maximum Gasteiger partial charge on any atom is 0.409 e. The van der Waals surface area contributed by atoms with Crippen LogP contribution in [0.4, 0.5) is 13.6 Å². The fraction of sp³-hybridized carbons (Fsp3) is 0.529. The number of amides is 1. The number of rotatable bonds is 6. The first-order chi connectivity index (χ1) is 13.3. The molecule has 1 aromatic rings. The molecule has 1 aromatic carbocycles. The standard InChI is InChI=1S/C17H22Cl2F2N4O3/c1-2-27-17(26)25-5-3-12(4-6-25)24-16(22)23-9-10-7-11(18)8-13(19)14(10)28-15(20)21/h7-8,12,15H,2-6,9H2,1H3,(H3,22,23,24). The Kier molecular flexibility index (Phi) is 8.37. The molecule has 0 atom stereocenters. The fourth-order valence-corrected chi connectivity index (χ4v) is 3.38. The summed E-state index contributed by atoms with van der Waals surface area (Å²) >= 11 is 11.9. The summed E-state index contributed by atoms with van der Waals surface area (Å²) in [6, 6.07) is 2.79. The lowest BCUT2D eigenvalue weighted by Gasteiger charge is -2.31. The Morgan fingerprint density at radius 1 is 1.39 bits per heavy atom. The summed E-state index contributed by atoms with van der Waals surface area (Å²) in [5.74, 6) is -0.0333. The minimum Gasteiger partial charge on any atom is -0.450 e. The van der Waals surface area contributed by atoms with Gasteiger partial charge in [0.05, 0.1) is 18.2 Å².